The van der Waals surface area contributed by atoms with Crippen molar-refractivity contribution in [2.75, 3.05) is 32.5 Å². The van der Waals surface area contributed by atoms with Crippen molar-refractivity contribution in [1.82, 2.24) is 10.2 Å². The highest BCUT2D eigenvalue weighted by atomic mass is 32.2. The van der Waals surface area contributed by atoms with Gasteiger partial charge >= 0.3 is 0 Å². The van der Waals surface area contributed by atoms with Gasteiger partial charge in [0.15, 0.2) is 9.84 Å². The van der Waals surface area contributed by atoms with E-state index >= 15 is 0 Å². The molecule has 1 aromatic carbocycles. The molecule has 0 aromatic heterocycles. The summed E-state index contributed by atoms with van der Waals surface area (Å²) >= 11 is 0. The number of nitro groups is 1. The monoisotopic (exact) mass is 399 g/mol. The van der Waals surface area contributed by atoms with Gasteiger partial charge in [-0.2, -0.15) is 0 Å². The predicted octanol–water partition coefficient (Wildman–Crippen LogP) is 1.61. The highest BCUT2D eigenvalue weighted by Crippen LogP contribution is 2.32. The highest BCUT2D eigenvalue weighted by molar-refractivity contribution is 7.91. The Morgan fingerprint density at radius 2 is 2.11 bits per heavy atom. The molecular formula is C17H25N3O6S. The lowest BCUT2D eigenvalue weighted by Gasteiger charge is -2.23. The number of methoxy groups -OCH3 is 1. The normalized spacial score (nSPS) is 17.7. The molecule has 9 nitrogen and oxygen atoms in total. The summed E-state index contributed by atoms with van der Waals surface area (Å²) in [6, 6.07) is 2.25. The molecule has 1 saturated heterocycles. The maximum atomic E-state index is 12.7. The Balaban J connectivity index is 2.35. The van der Waals surface area contributed by atoms with Crippen LogP contribution in [-0.4, -0.2) is 62.7 Å². The summed E-state index contributed by atoms with van der Waals surface area (Å²) in [4.78, 5) is 24.9. The molecule has 0 radical (unpaired) electrons. The highest BCUT2D eigenvalue weighted by Gasteiger charge is 2.30. The largest absolute Gasteiger partial charge is 0.496 e. The van der Waals surface area contributed by atoms with E-state index in [1.165, 1.54) is 14.0 Å². The van der Waals surface area contributed by atoms with Gasteiger partial charge in [0.25, 0.3) is 11.6 Å². The van der Waals surface area contributed by atoms with E-state index in [1.807, 2.05) is 0 Å². The zero-order valence-electron chi connectivity index (χ0n) is 15.7. The predicted molar refractivity (Wildman–Crippen MR) is 100.0 cm³/mol. The number of hydrogen-bond acceptors (Lipinski definition) is 7. The van der Waals surface area contributed by atoms with Crippen molar-refractivity contribution in [1.29, 1.82) is 0 Å². The molecule has 1 aliphatic rings. The first-order valence-corrected chi connectivity index (χ1v) is 10.5. The molecule has 150 valence electrons. The summed E-state index contributed by atoms with van der Waals surface area (Å²) in [5.41, 5.74) is -0.630. The first kappa shape index (κ1) is 21.1. The molecule has 1 N–H and O–H groups in total. The summed E-state index contributed by atoms with van der Waals surface area (Å²) in [5.74, 6) is -0.861. The summed E-state index contributed by atoms with van der Waals surface area (Å²) in [5, 5.41) is 14.1. The Morgan fingerprint density at radius 1 is 1.41 bits per heavy atom. The quantitative estimate of drug-likeness (QED) is 0.521. The van der Waals surface area contributed by atoms with Crippen LogP contribution < -0.4 is 10.1 Å². The van der Waals surface area contributed by atoms with Crippen LogP contribution in [0.4, 0.5) is 5.69 Å². The third-order valence-corrected chi connectivity index (χ3v) is 6.60. The fourth-order valence-corrected chi connectivity index (χ4v) is 4.35. The summed E-state index contributed by atoms with van der Waals surface area (Å²) < 4.78 is 29.6. The lowest BCUT2D eigenvalue weighted by Crippen LogP contribution is -2.40. The molecule has 1 fully saturated rings. The minimum Gasteiger partial charge on any atom is -0.496 e. The second-order valence-corrected chi connectivity index (χ2v) is 8.56. The number of likely N-dealkylation sites (tertiary alicyclic amines) is 1. The number of benzene rings is 1. The van der Waals surface area contributed by atoms with Gasteiger partial charge in [-0.25, -0.2) is 8.42 Å². The number of sulfone groups is 1. The number of amides is 1. The van der Waals surface area contributed by atoms with Gasteiger partial charge in [-0.15, -0.1) is 0 Å². The SMILES string of the molecule is CCN1CCCC1CNC(=O)c1cc(S(=O)(=O)CC)c([N+](=O)[O-])cc1OC. The van der Waals surface area contributed by atoms with E-state index in [1.54, 1.807) is 0 Å². The van der Waals surface area contributed by atoms with Gasteiger partial charge in [0.2, 0.25) is 0 Å². The number of rotatable bonds is 8. The molecule has 1 heterocycles. The lowest BCUT2D eigenvalue weighted by molar-refractivity contribution is -0.387. The minimum absolute atomic E-state index is 0.0313. The molecule has 1 atom stereocenters. The molecule has 1 aliphatic heterocycles. The van der Waals surface area contributed by atoms with Crippen molar-refractivity contribution in [2.24, 2.45) is 0 Å². The van der Waals surface area contributed by atoms with Crippen LogP contribution in [0, 0.1) is 10.1 Å². The van der Waals surface area contributed by atoms with Gasteiger partial charge < -0.3 is 10.1 Å². The van der Waals surface area contributed by atoms with Crippen molar-refractivity contribution >= 4 is 21.4 Å². The maximum absolute atomic E-state index is 12.7. The van der Waals surface area contributed by atoms with Gasteiger partial charge in [0.05, 0.1) is 29.4 Å². The van der Waals surface area contributed by atoms with Crippen molar-refractivity contribution in [2.45, 2.75) is 37.6 Å². The van der Waals surface area contributed by atoms with Crippen molar-refractivity contribution in [3.05, 3.63) is 27.8 Å². The third kappa shape index (κ3) is 4.56. The molecule has 0 aliphatic carbocycles. The van der Waals surface area contributed by atoms with E-state index in [9.17, 15) is 23.3 Å². The van der Waals surface area contributed by atoms with E-state index in [0.717, 1.165) is 38.1 Å². The topological polar surface area (TPSA) is 119 Å². The van der Waals surface area contributed by atoms with Crippen LogP contribution in [0.3, 0.4) is 0 Å². The molecule has 27 heavy (non-hydrogen) atoms. The average Bonchev–Trinajstić information content (AvgIpc) is 3.12. The molecule has 2 rings (SSSR count). The fourth-order valence-electron chi connectivity index (χ4n) is 3.29. The smallest absolute Gasteiger partial charge is 0.291 e. The Labute approximate surface area is 158 Å². The summed E-state index contributed by atoms with van der Waals surface area (Å²) in [7, 11) is -2.61. The molecular weight excluding hydrogens is 374 g/mol. The first-order valence-electron chi connectivity index (χ1n) is 8.86. The Bertz CT molecular complexity index is 824. The second-order valence-electron chi connectivity index (χ2n) is 6.32. The number of carbonyl (C=O) groups excluding carboxylic acids is 1. The molecule has 0 bridgehead atoms. The second kappa shape index (κ2) is 8.66. The lowest BCUT2D eigenvalue weighted by atomic mass is 10.1. The number of carbonyl (C=O) groups is 1. The molecule has 0 spiro atoms. The van der Waals surface area contributed by atoms with E-state index in [0.29, 0.717) is 6.54 Å². The number of nitrogens with one attached hydrogen (secondary N) is 1. The van der Waals surface area contributed by atoms with Crippen LogP contribution in [0.15, 0.2) is 17.0 Å². The first-order chi connectivity index (χ1) is 12.7. The van der Waals surface area contributed by atoms with Crippen LogP contribution in [0.2, 0.25) is 0 Å². The Morgan fingerprint density at radius 3 is 2.67 bits per heavy atom. The fraction of sp³-hybridized carbons (Fsp3) is 0.588. The van der Waals surface area contributed by atoms with Crippen molar-refractivity contribution < 1.29 is 22.9 Å². The molecule has 1 amide bonds. The van der Waals surface area contributed by atoms with Crippen LogP contribution in [0.5, 0.6) is 5.75 Å². The number of likely N-dealkylation sites (N-methyl/N-ethyl adjacent to an activating group) is 1. The van der Waals surface area contributed by atoms with Gasteiger partial charge in [0, 0.05) is 12.6 Å². The molecule has 0 saturated carbocycles. The maximum Gasteiger partial charge on any atom is 0.291 e. The van der Waals surface area contributed by atoms with Gasteiger partial charge in [0.1, 0.15) is 10.6 Å². The number of nitrogens with zero attached hydrogens (tertiary/aromatic N) is 2. The van der Waals surface area contributed by atoms with Crippen molar-refractivity contribution in [3.63, 3.8) is 0 Å². The Hall–Kier alpha value is -2.20. The van der Waals surface area contributed by atoms with E-state index in [-0.39, 0.29) is 23.1 Å². The number of nitro benzene ring substituents is 1. The minimum atomic E-state index is -3.88. The van der Waals surface area contributed by atoms with Crippen LogP contribution >= 0.6 is 0 Å². The van der Waals surface area contributed by atoms with Crippen molar-refractivity contribution in [3.8, 4) is 5.75 Å². The third-order valence-electron chi connectivity index (χ3n) is 4.84. The zero-order chi connectivity index (χ0) is 20.2. The Kier molecular flexibility index (Phi) is 6.77. The van der Waals surface area contributed by atoms with E-state index in [2.05, 4.69) is 17.1 Å². The van der Waals surface area contributed by atoms with Gasteiger partial charge in [-0.05, 0) is 32.0 Å². The summed E-state index contributed by atoms with van der Waals surface area (Å²) in [6.07, 6.45) is 2.04. The number of hydrogen-bond donors (Lipinski definition) is 1. The number of ether oxygens (including phenoxy) is 1. The molecule has 1 aromatic rings. The molecule has 10 heteroatoms. The van der Waals surface area contributed by atoms with E-state index < -0.39 is 31.3 Å². The molecule has 1 unspecified atom stereocenters. The van der Waals surface area contributed by atoms with Crippen LogP contribution in [0.1, 0.15) is 37.0 Å². The van der Waals surface area contributed by atoms with Crippen LogP contribution in [0.25, 0.3) is 0 Å². The standard InChI is InChI=1S/C17H25N3O6S/c1-4-19-8-6-7-12(19)11-18-17(21)13-9-16(27(24,25)5-2)14(20(22)23)10-15(13)26-3/h9-10,12H,4-8,11H2,1-3H3,(H,18,21). The van der Waals surface area contributed by atoms with Gasteiger partial charge in [-0.3, -0.25) is 19.8 Å². The zero-order valence-corrected chi connectivity index (χ0v) is 16.5. The van der Waals surface area contributed by atoms with Crippen LogP contribution in [-0.2, 0) is 9.84 Å². The van der Waals surface area contributed by atoms with E-state index in [4.69, 9.17) is 4.74 Å². The summed E-state index contributed by atoms with van der Waals surface area (Å²) in [6.45, 7) is 5.74. The van der Waals surface area contributed by atoms with Gasteiger partial charge in [-0.1, -0.05) is 13.8 Å². The average molecular weight is 399 g/mol.